The van der Waals surface area contributed by atoms with Crippen LogP contribution in [0.5, 0.6) is 0 Å². The van der Waals surface area contributed by atoms with Crippen molar-refractivity contribution in [3.8, 4) is 0 Å². The molecule has 2 aromatic rings. The average molecular weight is 343 g/mol. The number of likely N-dealkylation sites (tertiary alicyclic amines) is 1. The lowest BCUT2D eigenvalue weighted by atomic mass is 10.1. The first kappa shape index (κ1) is 16.2. The largest absolute Gasteiger partial charge is 0.339 e. The second-order valence-corrected chi connectivity index (χ2v) is 7.12. The summed E-state index contributed by atoms with van der Waals surface area (Å²) in [6.07, 6.45) is 5.73. The van der Waals surface area contributed by atoms with E-state index < -0.39 is 0 Å². The van der Waals surface area contributed by atoms with Gasteiger partial charge in [0.25, 0.3) is 5.91 Å². The molecule has 1 atom stereocenters. The fourth-order valence-electron chi connectivity index (χ4n) is 3.46. The van der Waals surface area contributed by atoms with E-state index in [9.17, 15) is 9.18 Å². The van der Waals surface area contributed by atoms with Crippen LogP contribution in [0.1, 0.15) is 65.7 Å². The van der Waals surface area contributed by atoms with Crippen molar-refractivity contribution < 1.29 is 13.7 Å². The molecule has 0 spiro atoms. The molecule has 1 saturated carbocycles. The number of carbonyl (C=O) groups is 1. The molecule has 2 fully saturated rings. The predicted octanol–water partition coefficient (Wildman–Crippen LogP) is 3.63. The fraction of sp³-hybridized carbons (Fsp3) is 0.526. The highest BCUT2D eigenvalue weighted by molar-refractivity contribution is 5.94. The average Bonchev–Trinajstić information content (AvgIpc) is 3.17. The van der Waals surface area contributed by atoms with E-state index in [1.807, 2.05) is 4.90 Å². The van der Waals surface area contributed by atoms with Gasteiger partial charge in [0.1, 0.15) is 5.82 Å². The van der Waals surface area contributed by atoms with Gasteiger partial charge in [-0.1, -0.05) is 11.2 Å². The Balaban J connectivity index is 1.40. The Morgan fingerprint density at radius 2 is 2.20 bits per heavy atom. The van der Waals surface area contributed by atoms with Crippen LogP contribution >= 0.6 is 0 Å². The third-order valence-electron chi connectivity index (χ3n) is 5.17. The van der Waals surface area contributed by atoms with Crippen LogP contribution in [0.25, 0.3) is 0 Å². The van der Waals surface area contributed by atoms with Gasteiger partial charge in [0.15, 0.2) is 5.82 Å². The summed E-state index contributed by atoms with van der Waals surface area (Å²) in [6, 6.07) is 4.86. The number of carbonyl (C=O) groups excluding carboxylic acids is 1. The Bertz CT molecular complexity index is 785. The van der Waals surface area contributed by atoms with Gasteiger partial charge in [-0.2, -0.15) is 4.98 Å². The molecule has 5 nitrogen and oxygen atoms in total. The third-order valence-corrected chi connectivity index (χ3v) is 5.17. The quantitative estimate of drug-likeness (QED) is 0.832. The number of aromatic nitrogens is 2. The zero-order valence-corrected chi connectivity index (χ0v) is 14.4. The summed E-state index contributed by atoms with van der Waals surface area (Å²) in [5, 5.41) is 4.05. The van der Waals surface area contributed by atoms with Crippen LogP contribution in [-0.4, -0.2) is 33.5 Å². The Morgan fingerprint density at radius 1 is 1.36 bits per heavy atom. The maximum atomic E-state index is 13.8. The number of nitrogens with zero attached hydrogens (tertiary/aromatic N) is 3. The van der Waals surface area contributed by atoms with E-state index in [4.69, 9.17) is 4.52 Å². The number of rotatable bonds is 5. The van der Waals surface area contributed by atoms with Crippen molar-refractivity contribution in [2.24, 2.45) is 0 Å². The minimum absolute atomic E-state index is 0.0896. The van der Waals surface area contributed by atoms with Gasteiger partial charge in [-0.15, -0.1) is 0 Å². The lowest BCUT2D eigenvalue weighted by Gasteiger charge is -2.24. The molecule has 1 aromatic carbocycles. The summed E-state index contributed by atoms with van der Waals surface area (Å²) in [6.45, 7) is 2.42. The number of hydrogen-bond acceptors (Lipinski definition) is 4. The summed E-state index contributed by atoms with van der Waals surface area (Å²) < 4.78 is 19.1. The zero-order valence-electron chi connectivity index (χ0n) is 14.4. The van der Waals surface area contributed by atoms with Gasteiger partial charge in [-0.05, 0) is 56.7 Å². The number of aryl methyl sites for hydroxylation is 2. The Kier molecular flexibility index (Phi) is 4.27. The van der Waals surface area contributed by atoms with Crippen molar-refractivity contribution in [3.05, 3.63) is 46.9 Å². The van der Waals surface area contributed by atoms with Gasteiger partial charge in [-0.25, -0.2) is 4.39 Å². The summed E-state index contributed by atoms with van der Waals surface area (Å²) >= 11 is 0. The molecule has 25 heavy (non-hydrogen) atoms. The SMILES string of the molecule is Cc1ccc(C(=O)N2CCCC2CCc2noc(C3CC3)n2)cc1F. The van der Waals surface area contributed by atoms with Crippen LogP contribution in [-0.2, 0) is 6.42 Å². The number of benzene rings is 1. The van der Waals surface area contributed by atoms with Gasteiger partial charge in [-0.3, -0.25) is 4.79 Å². The van der Waals surface area contributed by atoms with E-state index in [0.29, 0.717) is 23.5 Å². The van der Waals surface area contributed by atoms with Crippen molar-refractivity contribution in [2.75, 3.05) is 6.54 Å². The molecule has 1 saturated heterocycles. The van der Waals surface area contributed by atoms with Gasteiger partial charge >= 0.3 is 0 Å². The molecule has 0 radical (unpaired) electrons. The van der Waals surface area contributed by atoms with Gasteiger partial charge in [0.05, 0.1) is 0 Å². The molecule has 1 unspecified atom stereocenters. The summed E-state index contributed by atoms with van der Waals surface area (Å²) in [4.78, 5) is 19.1. The molecule has 1 aliphatic heterocycles. The van der Waals surface area contributed by atoms with Gasteiger partial charge in [0, 0.05) is 30.5 Å². The molecule has 2 heterocycles. The van der Waals surface area contributed by atoms with Crippen LogP contribution in [0.3, 0.4) is 0 Å². The second kappa shape index (κ2) is 6.58. The van der Waals surface area contributed by atoms with E-state index in [1.165, 1.54) is 6.07 Å². The van der Waals surface area contributed by atoms with Crippen LogP contribution in [0.2, 0.25) is 0 Å². The molecule has 6 heteroatoms. The molecule has 2 aliphatic rings. The van der Waals surface area contributed by atoms with E-state index in [2.05, 4.69) is 10.1 Å². The molecule has 0 bridgehead atoms. The minimum Gasteiger partial charge on any atom is -0.339 e. The topological polar surface area (TPSA) is 59.2 Å². The van der Waals surface area contributed by atoms with Crippen molar-refractivity contribution in [2.45, 2.75) is 57.4 Å². The van der Waals surface area contributed by atoms with E-state index in [-0.39, 0.29) is 17.8 Å². The first-order valence-electron chi connectivity index (χ1n) is 9.01. The first-order chi connectivity index (χ1) is 12.1. The molecule has 1 aliphatic carbocycles. The Morgan fingerprint density at radius 3 is 2.96 bits per heavy atom. The molecular formula is C19H22FN3O2. The van der Waals surface area contributed by atoms with Crippen molar-refractivity contribution in [1.82, 2.24) is 15.0 Å². The predicted molar refractivity (Wildman–Crippen MR) is 89.8 cm³/mol. The molecule has 4 rings (SSSR count). The fourth-order valence-corrected chi connectivity index (χ4v) is 3.46. The maximum Gasteiger partial charge on any atom is 0.254 e. The normalized spacial score (nSPS) is 20.2. The molecular weight excluding hydrogens is 321 g/mol. The smallest absolute Gasteiger partial charge is 0.254 e. The molecule has 1 amide bonds. The van der Waals surface area contributed by atoms with Gasteiger partial charge < -0.3 is 9.42 Å². The monoisotopic (exact) mass is 343 g/mol. The first-order valence-corrected chi connectivity index (χ1v) is 9.01. The lowest BCUT2D eigenvalue weighted by Crippen LogP contribution is -2.36. The maximum absolute atomic E-state index is 13.8. The molecule has 132 valence electrons. The van der Waals surface area contributed by atoms with Crippen LogP contribution < -0.4 is 0 Å². The van der Waals surface area contributed by atoms with Crippen LogP contribution in [0.15, 0.2) is 22.7 Å². The van der Waals surface area contributed by atoms with Crippen molar-refractivity contribution >= 4 is 5.91 Å². The number of hydrogen-bond donors (Lipinski definition) is 0. The number of amides is 1. The standard InChI is InChI=1S/C19H22FN3O2/c1-12-4-5-14(11-16(12)20)19(24)23-10-2-3-15(23)8-9-17-21-18(25-22-17)13-6-7-13/h4-5,11,13,15H,2-3,6-10H2,1H3. The minimum atomic E-state index is -0.332. The highest BCUT2D eigenvalue weighted by atomic mass is 19.1. The van der Waals surface area contributed by atoms with Crippen LogP contribution in [0, 0.1) is 12.7 Å². The third kappa shape index (κ3) is 3.43. The van der Waals surface area contributed by atoms with Crippen LogP contribution in [0.4, 0.5) is 4.39 Å². The zero-order chi connectivity index (χ0) is 17.4. The highest BCUT2D eigenvalue weighted by Gasteiger charge is 2.31. The molecule has 0 N–H and O–H groups in total. The van der Waals surface area contributed by atoms with Gasteiger partial charge in [0.2, 0.25) is 5.89 Å². The van der Waals surface area contributed by atoms with E-state index in [1.54, 1.807) is 19.1 Å². The second-order valence-electron chi connectivity index (χ2n) is 7.12. The van der Waals surface area contributed by atoms with E-state index >= 15 is 0 Å². The Hall–Kier alpha value is -2.24. The Labute approximate surface area is 146 Å². The van der Waals surface area contributed by atoms with Crippen molar-refractivity contribution in [1.29, 1.82) is 0 Å². The molecule has 1 aromatic heterocycles. The summed E-state index contributed by atoms with van der Waals surface area (Å²) in [5.41, 5.74) is 0.976. The lowest BCUT2D eigenvalue weighted by molar-refractivity contribution is 0.0729. The van der Waals surface area contributed by atoms with Crippen molar-refractivity contribution in [3.63, 3.8) is 0 Å². The summed E-state index contributed by atoms with van der Waals surface area (Å²) in [5.74, 6) is 1.52. The van der Waals surface area contributed by atoms with E-state index in [0.717, 1.165) is 50.4 Å². The number of halogens is 1. The highest BCUT2D eigenvalue weighted by Crippen LogP contribution is 2.38. The summed E-state index contributed by atoms with van der Waals surface area (Å²) in [7, 11) is 0.